The fourth-order valence-corrected chi connectivity index (χ4v) is 5.68. The van der Waals surface area contributed by atoms with E-state index in [0.29, 0.717) is 54.5 Å². The number of nitrogens with two attached hydrogens (primary N) is 1. The Labute approximate surface area is 213 Å². The minimum atomic E-state index is -3.45. The molecule has 5 rings (SSSR count). The van der Waals surface area contributed by atoms with E-state index in [9.17, 15) is 12.8 Å². The molecule has 1 saturated heterocycles. The van der Waals surface area contributed by atoms with Crippen molar-refractivity contribution in [3.8, 4) is 34.0 Å². The summed E-state index contributed by atoms with van der Waals surface area (Å²) in [7, 11) is -3.45. The van der Waals surface area contributed by atoms with Gasteiger partial charge in [-0.25, -0.2) is 22.8 Å². The Morgan fingerprint density at radius 1 is 1.05 bits per heavy atom. The molecule has 11 heteroatoms. The maximum atomic E-state index is 12.8. The molecule has 0 saturated carbocycles. The predicted octanol–water partition coefficient (Wildman–Crippen LogP) is 3.67. The summed E-state index contributed by atoms with van der Waals surface area (Å²) in [6.45, 7) is 1.16. The Hall–Kier alpha value is -3.67. The average Bonchev–Trinajstić information content (AvgIpc) is 3.63. The highest BCUT2D eigenvalue weighted by molar-refractivity contribution is 7.92. The summed E-state index contributed by atoms with van der Waals surface area (Å²) in [5.74, 6) is 0.539. The second-order valence-electron chi connectivity index (χ2n) is 8.68. The van der Waals surface area contributed by atoms with Crippen molar-refractivity contribution in [1.29, 1.82) is 0 Å². The van der Waals surface area contributed by atoms with Crippen LogP contribution < -0.4 is 11.1 Å². The molecule has 0 radical (unpaired) electrons. The molecule has 2 aromatic carbocycles. The van der Waals surface area contributed by atoms with Crippen molar-refractivity contribution in [3.63, 3.8) is 0 Å². The molecule has 192 valence electrons. The maximum absolute atomic E-state index is 12.8. The third-order valence-electron chi connectivity index (χ3n) is 6.20. The quantitative estimate of drug-likeness (QED) is 0.315. The SMILES string of the molecule is Nc1ncc(-c2ccc(S(=O)(=O)[C@@H]3CCOC3)cc2)nc1-c1cc(-c2ccc(CNCCF)cc2)no1. The number of halogens is 1. The van der Waals surface area contributed by atoms with Gasteiger partial charge in [0.15, 0.2) is 27.1 Å². The van der Waals surface area contributed by atoms with E-state index >= 15 is 0 Å². The summed E-state index contributed by atoms with van der Waals surface area (Å²) in [4.78, 5) is 9.12. The number of aromatic nitrogens is 3. The Morgan fingerprint density at radius 2 is 1.78 bits per heavy atom. The van der Waals surface area contributed by atoms with E-state index in [0.717, 1.165) is 11.1 Å². The van der Waals surface area contributed by atoms with Gasteiger partial charge in [-0.2, -0.15) is 0 Å². The Balaban J connectivity index is 1.36. The Kier molecular flexibility index (Phi) is 7.26. The average molecular weight is 524 g/mol. The highest BCUT2D eigenvalue weighted by Crippen LogP contribution is 2.30. The number of hydrogen-bond acceptors (Lipinski definition) is 9. The lowest BCUT2D eigenvalue weighted by atomic mass is 10.1. The van der Waals surface area contributed by atoms with Crippen LogP contribution in [0.5, 0.6) is 0 Å². The molecular weight excluding hydrogens is 497 g/mol. The summed E-state index contributed by atoms with van der Waals surface area (Å²) < 4.78 is 48.6. The largest absolute Gasteiger partial charge is 0.382 e. The molecule has 9 nitrogen and oxygen atoms in total. The second-order valence-corrected chi connectivity index (χ2v) is 10.9. The first kappa shape index (κ1) is 25.0. The van der Waals surface area contributed by atoms with Crippen molar-refractivity contribution < 1.29 is 22.1 Å². The number of hydrogen-bond donors (Lipinski definition) is 2. The van der Waals surface area contributed by atoms with E-state index in [4.69, 9.17) is 15.0 Å². The molecule has 0 bridgehead atoms. The van der Waals surface area contributed by atoms with Crippen LogP contribution in [0.3, 0.4) is 0 Å². The summed E-state index contributed by atoms with van der Waals surface area (Å²) >= 11 is 0. The third kappa shape index (κ3) is 5.38. The molecule has 3 heterocycles. The van der Waals surface area contributed by atoms with Crippen molar-refractivity contribution >= 4 is 15.7 Å². The van der Waals surface area contributed by atoms with Gasteiger partial charge in [0, 0.05) is 36.9 Å². The van der Waals surface area contributed by atoms with Gasteiger partial charge in [0.2, 0.25) is 0 Å². The number of nitrogens with zero attached hydrogens (tertiary/aromatic N) is 3. The van der Waals surface area contributed by atoms with Crippen LogP contribution in [0.25, 0.3) is 34.0 Å². The second kappa shape index (κ2) is 10.8. The zero-order valence-corrected chi connectivity index (χ0v) is 20.7. The van der Waals surface area contributed by atoms with Gasteiger partial charge in [-0.05, 0) is 24.1 Å². The first-order chi connectivity index (χ1) is 18.0. The van der Waals surface area contributed by atoms with Crippen LogP contribution in [0.2, 0.25) is 0 Å². The van der Waals surface area contributed by atoms with Gasteiger partial charge in [0.25, 0.3) is 0 Å². The molecule has 0 aliphatic carbocycles. The molecule has 4 aromatic rings. The van der Waals surface area contributed by atoms with Gasteiger partial charge in [-0.1, -0.05) is 41.6 Å². The van der Waals surface area contributed by atoms with Crippen LogP contribution in [0.1, 0.15) is 12.0 Å². The lowest BCUT2D eigenvalue weighted by Gasteiger charge is -2.10. The van der Waals surface area contributed by atoms with E-state index in [1.54, 1.807) is 30.3 Å². The van der Waals surface area contributed by atoms with Gasteiger partial charge in [-0.15, -0.1) is 0 Å². The third-order valence-corrected chi connectivity index (χ3v) is 8.38. The smallest absolute Gasteiger partial charge is 0.189 e. The first-order valence-electron chi connectivity index (χ1n) is 11.8. The van der Waals surface area contributed by atoms with E-state index < -0.39 is 21.8 Å². The summed E-state index contributed by atoms with van der Waals surface area (Å²) in [5.41, 5.74) is 10.1. The van der Waals surface area contributed by atoms with Crippen LogP contribution in [0.15, 0.2) is 70.2 Å². The van der Waals surface area contributed by atoms with Crippen molar-refractivity contribution in [1.82, 2.24) is 20.4 Å². The van der Waals surface area contributed by atoms with Crippen LogP contribution in [-0.4, -0.2) is 55.2 Å². The lowest BCUT2D eigenvalue weighted by molar-refractivity contribution is 0.198. The van der Waals surface area contributed by atoms with Crippen molar-refractivity contribution in [3.05, 3.63) is 66.4 Å². The predicted molar refractivity (Wildman–Crippen MR) is 137 cm³/mol. The number of nitrogens with one attached hydrogen (secondary N) is 1. The fourth-order valence-electron chi connectivity index (χ4n) is 4.10. The van der Waals surface area contributed by atoms with Crippen molar-refractivity contribution in [2.75, 3.05) is 32.2 Å². The summed E-state index contributed by atoms with van der Waals surface area (Å²) in [6.07, 6.45) is 2.03. The van der Waals surface area contributed by atoms with Gasteiger partial charge in [-0.3, -0.25) is 0 Å². The molecule has 0 amide bonds. The van der Waals surface area contributed by atoms with Gasteiger partial charge in [0.05, 0.1) is 28.6 Å². The molecule has 3 N–H and O–H groups in total. The molecule has 0 spiro atoms. The summed E-state index contributed by atoms with van der Waals surface area (Å²) in [5, 5.41) is 6.64. The molecular formula is C26H26FN5O4S. The van der Waals surface area contributed by atoms with Gasteiger partial charge < -0.3 is 20.3 Å². The molecule has 1 fully saturated rings. The Bertz CT molecular complexity index is 1470. The standard InChI is InChI=1S/C26H26FN5O4S/c27-10-11-29-14-17-1-3-18(4-2-17)22-13-24(36-32-22)25-26(28)30-15-23(31-25)19-5-7-20(8-6-19)37(33,34)21-9-12-35-16-21/h1-8,13,15,21,29H,9-12,14,16H2,(H2,28,30)/t21-/m1/s1. The minimum absolute atomic E-state index is 0.182. The molecule has 1 aliphatic heterocycles. The number of anilines is 1. The number of rotatable bonds is 9. The van der Waals surface area contributed by atoms with E-state index in [1.165, 1.54) is 6.20 Å². The fraction of sp³-hybridized carbons (Fsp3) is 0.269. The summed E-state index contributed by atoms with van der Waals surface area (Å²) in [6, 6.07) is 16.0. The van der Waals surface area contributed by atoms with Crippen molar-refractivity contribution in [2.45, 2.75) is 23.1 Å². The zero-order chi connectivity index (χ0) is 25.8. The topological polar surface area (TPSA) is 133 Å². The molecule has 1 aliphatic rings. The van der Waals surface area contributed by atoms with E-state index in [1.807, 2.05) is 24.3 Å². The Morgan fingerprint density at radius 3 is 2.49 bits per heavy atom. The highest BCUT2D eigenvalue weighted by atomic mass is 32.2. The zero-order valence-electron chi connectivity index (χ0n) is 19.9. The highest BCUT2D eigenvalue weighted by Gasteiger charge is 2.31. The van der Waals surface area contributed by atoms with Crippen LogP contribution >= 0.6 is 0 Å². The van der Waals surface area contributed by atoms with Crippen molar-refractivity contribution in [2.24, 2.45) is 0 Å². The number of nitrogen functional groups attached to an aromatic ring is 1. The minimum Gasteiger partial charge on any atom is -0.382 e. The molecule has 37 heavy (non-hydrogen) atoms. The van der Waals surface area contributed by atoms with E-state index in [2.05, 4.69) is 20.4 Å². The van der Waals surface area contributed by atoms with E-state index in [-0.39, 0.29) is 17.3 Å². The maximum Gasteiger partial charge on any atom is 0.189 e. The normalized spacial score (nSPS) is 15.8. The monoisotopic (exact) mass is 523 g/mol. The van der Waals surface area contributed by atoms with Gasteiger partial charge in [0.1, 0.15) is 12.4 Å². The van der Waals surface area contributed by atoms with Gasteiger partial charge >= 0.3 is 0 Å². The lowest BCUT2D eigenvalue weighted by Crippen LogP contribution is -2.21. The number of benzene rings is 2. The number of sulfone groups is 1. The van der Waals surface area contributed by atoms with Crippen LogP contribution in [-0.2, 0) is 21.1 Å². The number of ether oxygens (including phenoxy) is 1. The molecule has 2 aromatic heterocycles. The molecule has 0 unspecified atom stereocenters. The first-order valence-corrected chi connectivity index (χ1v) is 13.4. The van der Waals surface area contributed by atoms with Crippen LogP contribution in [0, 0.1) is 0 Å². The molecule has 1 atom stereocenters. The number of alkyl halides is 1. The van der Waals surface area contributed by atoms with Crippen LogP contribution in [0.4, 0.5) is 10.2 Å².